The molecular formula is C29H38N2O3. The maximum absolute atomic E-state index is 10.8. The first-order chi connectivity index (χ1) is 16.5. The lowest BCUT2D eigenvalue weighted by Gasteiger charge is -2.32. The second-order valence-electron chi connectivity index (χ2n) is 10.0. The van der Waals surface area contributed by atoms with Crippen LogP contribution in [0.3, 0.4) is 0 Å². The second-order valence-corrected chi connectivity index (χ2v) is 10.0. The number of nitrogens with zero attached hydrogens (tertiary/aromatic N) is 2. The number of fused-ring (bicyclic) bond motifs is 1. The fraction of sp³-hybridized carbons (Fsp3) is 0.483. The Bertz CT molecular complexity index is 1060. The molecule has 1 N–H and O–H groups in total. The topological polar surface area (TPSA) is 54.7 Å². The van der Waals surface area contributed by atoms with Crippen molar-refractivity contribution >= 4 is 16.9 Å². The first-order valence-electron chi connectivity index (χ1n) is 12.7. The molecule has 0 atom stereocenters. The number of rotatable bonds is 11. The monoisotopic (exact) mass is 462 g/mol. The van der Waals surface area contributed by atoms with Gasteiger partial charge in [0.15, 0.2) is 0 Å². The Balaban J connectivity index is 1.24. The van der Waals surface area contributed by atoms with Crippen LogP contribution >= 0.6 is 0 Å². The summed E-state index contributed by atoms with van der Waals surface area (Å²) in [5, 5.41) is 10.3. The smallest absolute Gasteiger partial charge is 0.307 e. The predicted octanol–water partition coefficient (Wildman–Crippen LogP) is 5.96. The molecule has 0 aliphatic carbocycles. The third-order valence-corrected chi connectivity index (χ3v) is 6.96. The Morgan fingerprint density at radius 1 is 1.06 bits per heavy atom. The number of ether oxygens (including phenoxy) is 1. The molecule has 2 aromatic carbocycles. The van der Waals surface area contributed by atoms with Gasteiger partial charge in [0.1, 0.15) is 5.75 Å². The SMILES string of the molecule is CC(C)CCn1cc(C2CCN(CCCOc3ccc(CC(=O)O)cc3)CC2)c2ccccc21. The van der Waals surface area contributed by atoms with Crippen molar-refractivity contribution in [3.05, 3.63) is 65.9 Å². The van der Waals surface area contributed by atoms with Crippen LogP contribution < -0.4 is 4.74 Å². The highest BCUT2D eigenvalue weighted by atomic mass is 16.5. The molecule has 3 aromatic rings. The van der Waals surface area contributed by atoms with Crippen molar-refractivity contribution in [1.29, 1.82) is 0 Å². The van der Waals surface area contributed by atoms with Gasteiger partial charge in [0.25, 0.3) is 0 Å². The molecule has 34 heavy (non-hydrogen) atoms. The first kappa shape index (κ1) is 24.3. The standard InChI is InChI=1S/C29H38N2O3/c1-22(2)12-18-31-21-27(26-6-3-4-7-28(26)31)24-13-16-30(17-14-24)15-5-19-34-25-10-8-23(9-11-25)20-29(32)33/h3-4,6-11,21-22,24H,5,12-20H2,1-2H3,(H,32,33). The second kappa shape index (κ2) is 11.6. The maximum atomic E-state index is 10.8. The summed E-state index contributed by atoms with van der Waals surface area (Å²) in [5.74, 6) is 1.35. The van der Waals surface area contributed by atoms with Crippen molar-refractivity contribution in [1.82, 2.24) is 9.47 Å². The van der Waals surface area contributed by atoms with Crippen LogP contribution in [0.5, 0.6) is 5.75 Å². The molecule has 0 radical (unpaired) electrons. The van der Waals surface area contributed by atoms with Crippen molar-refractivity contribution in [3.8, 4) is 5.75 Å². The van der Waals surface area contributed by atoms with E-state index >= 15 is 0 Å². The number of para-hydroxylation sites is 1. The van der Waals surface area contributed by atoms with E-state index in [1.54, 1.807) is 0 Å². The van der Waals surface area contributed by atoms with E-state index in [0.717, 1.165) is 43.9 Å². The molecule has 0 spiro atoms. The van der Waals surface area contributed by atoms with Crippen LogP contribution in [-0.4, -0.2) is 46.8 Å². The van der Waals surface area contributed by atoms with Crippen LogP contribution in [0.2, 0.25) is 0 Å². The van der Waals surface area contributed by atoms with Gasteiger partial charge in [-0.25, -0.2) is 0 Å². The van der Waals surface area contributed by atoms with E-state index in [2.05, 4.69) is 53.8 Å². The number of benzene rings is 2. The number of piperidine rings is 1. The highest BCUT2D eigenvalue weighted by molar-refractivity contribution is 5.84. The molecule has 1 aromatic heterocycles. The average molecular weight is 463 g/mol. The summed E-state index contributed by atoms with van der Waals surface area (Å²) in [6, 6.07) is 16.3. The van der Waals surface area contributed by atoms with E-state index in [4.69, 9.17) is 9.84 Å². The minimum absolute atomic E-state index is 0.0503. The van der Waals surface area contributed by atoms with Gasteiger partial charge in [-0.15, -0.1) is 0 Å². The molecule has 1 saturated heterocycles. The average Bonchev–Trinajstić information content (AvgIpc) is 3.20. The van der Waals surface area contributed by atoms with E-state index in [-0.39, 0.29) is 6.42 Å². The quantitative estimate of drug-likeness (QED) is 0.357. The van der Waals surface area contributed by atoms with E-state index in [1.807, 2.05) is 24.3 Å². The molecule has 2 heterocycles. The fourth-order valence-electron chi connectivity index (χ4n) is 5.01. The van der Waals surface area contributed by atoms with Gasteiger partial charge < -0.3 is 19.3 Å². The van der Waals surface area contributed by atoms with E-state index < -0.39 is 5.97 Å². The number of aryl methyl sites for hydroxylation is 1. The summed E-state index contributed by atoms with van der Waals surface area (Å²) >= 11 is 0. The molecule has 4 rings (SSSR count). The minimum atomic E-state index is -0.811. The number of carboxylic acids is 1. The predicted molar refractivity (Wildman–Crippen MR) is 138 cm³/mol. The zero-order valence-electron chi connectivity index (χ0n) is 20.6. The summed E-state index contributed by atoms with van der Waals surface area (Å²) in [7, 11) is 0. The normalized spacial score (nSPS) is 15.3. The summed E-state index contributed by atoms with van der Waals surface area (Å²) in [4.78, 5) is 13.3. The number of likely N-dealkylation sites (tertiary alicyclic amines) is 1. The van der Waals surface area contributed by atoms with Crippen molar-refractivity contribution in [2.24, 2.45) is 5.92 Å². The van der Waals surface area contributed by atoms with Gasteiger partial charge in [-0.2, -0.15) is 0 Å². The minimum Gasteiger partial charge on any atom is -0.494 e. The lowest BCUT2D eigenvalue weighted by Crippen LogP contribution is -2.34. The van der Waals surface area contributed by atoms with Crippen molar-refractivity contribution < 1.29 is 14.6 Å². The lowest BCUT2D eigenvalue weighted by atomic mass is 9.89. The Morgan fingerprint density at radius 2 is 1.79 bits per heavy atom. The van der Waals surface area contributed by atoms with Gasteiger partial charge in [-0.3, -0.25) is 4.79 Å². The van der Waals surface area contributed by atoms with Gasteiger partial charge in [-0.1, -0.05) is 44.2 Å². The number of aliphatic carboxylic acids is 1. The number of hydrogen-bond donors (Lipinski definition) is 1. The molecule has 5 nitrogen and oxygen atoms in total. The molecule has 182 valence electrons. The molecule has 0 saturated carbocycles. The molecule has 0 bridgehead atoms. The van der Waals surface area contributed by atoms with Crippen LogP contribution in [0.4, 0.5) is 0 Å². The molecule has 1 aliphatic rings. The Labute approximate surface area is 203 Å². The van der Waals surface area contributed by atoms with Gasteiger partial charge in [0, 0.05) is 30.2 Å². The Hall–Kier alpha value is -2.79. The zero-order chi connectivity index (χ0) is 23.9. The zero-order valence-corrected chi connectivity index (χ0v) is 20.6. The number of carbonyl (C=O) groups is 1. The highest BCUT2D eigenvalue weighted by Gasteiger charge is 2.23. The number of aromatic nitrogens is 1. The van der Waals surface area contributed by atoms with E-state index in [9.17, 15) is 4.79 Å². The van der Waals surface area contributed by atoms with Crippen LogP contribution in [0.1, 0.15) is 56.6 Å². The highest BCUT2D eigenvalue weighted by Crippen LogP contribution is 2.34. The van der Waals surface area contributed by atoms with Gasteiger partial charge in [0.05, 0.1) is 13.0 Å². The van der Waals surface area contributed by atoms with E-state index in [1.165, 1.54) is 35.7 Å². The number of carboxylic acid groups (broad SMARTS) is 1. The van der Waals surface area contributed by atoms with Gasteiger partial charge in [0.2, 0.25) is 0 Å². The van der Waals surface area contributed by atoms with Crippen LogP contribution in [0, 0.1) is 5.92 Å². The Kier molecular flexibility index (Phi) is 8.28. The van der Waals surface area contributed by atoms with Gasteiger partial charge in [-0.05, 0) is 79.9 Å². The van der Waals surface area contributed by atoms with Crippen molar-refractivity contribution in [2.45, 2.75) is 58.4 Å². The summed E-state index contributed by atoms with van der Waals surface area (Å²) in [6.07, 6.45) is 7.12. The summed E-state index contributed by atoms with van der Waals surface area (Å²) in [6.45, 7) is 9.71. The third kappa shape index (κ3) is 6.41. The van der Waals surface area contributed by atoms with E-state index in [0.29, 0.717) is 18.4 Å². The molecule has 1 aliphatic heterocycles. The van der Waals surface area contributed by atoms with Crippen LogP contribution in [0.15, 0.2) is 54.7 Å². The first-order valence-corrected chi connectivity index (χ1v) is 12.7. The van der Waals surface area contributed by atoms with Crippen LogP contribution in [-0.2, 0) is 17.8 Å². The summed E-state index contributed by atoms with van der Waals surface area (Å²) in [5.41, 5.74) is 3.72. The fourth-order valence-corrected chi connectivity index (χ4v) is 5.01. The van der Waals surface area contributed by atoms with Gasteiger partial charge >= 0.3 is 5.97 Å². The molecular weight excluding hydrogens is 424 g/mol. The Morgan fingerprint density at radius 3 is 2.50 bits per heavy atom. The van der Waals surface area contributed by atoms with Crippen LogP contribution in [0.25, 0.3) is 10.9 Å². The molecule has 5 heteroatoms. The van der Waals surface area contributed by atoms with Crippen molar-refractivity contribution in [2.75, 3.05) is 26.2 Å². The molecule has 0 amide bonds. The third-order valence-electron chi connectivity index (χ3n) is 6.96. The number of hydrogen-bond acceptors (Lipinski definition) is 3. The molecule has 1 fully saturated rings. The largest absolute Gasteiger partial charge is 0.494 e. The lowest BCUT2D eigenvalue weighted by molar-refractivity contribution is -0.136. The molecule has 0 unspecified atom stereocenters. The summed E-state index contributed by atoms with van der Waals surface area (Å²) < 4.78 is 8.34. The van der Waals surface area contributed by atoms with Crippen molar-refractivity contribution in [3.63, 3.8) is 0 Å². The maximum Gasteiger partial charge on any atom is 0.307 e.